The Morgan fingerprint density at radius 3 is 2.53 bits per heavy atom. The molecule has 1 aliphatic carbocycles. The maximum absolute atomic E-state index is 12.4. The van der Waals surface area contributed by atoms with Crippen LogP contribution in [0.1, 0.15) is 25.1 Å². The smallest absolute Gasteiger partial charge is 0.343 e. The summed E-state index contributed by atoms with van der Waals surface area (Å²) in [6, 6.07) is 0.271. The first-order valence-corrected chi connectivity index (χ1v) is 6.17. The Morgan fingerprint density at radius 2 is 2.12 bits per heavy atom. The van der Waals surface area contributed by atoms with Crippen molar-refractivity contribution in [2.24, 2.45) is 5.73 Å². The first-order valence-electron chi connectivity index (χ1n) is 5.40. The number of alkyl halides is 3. The number of nitrogens with zero attached hydrogens (tertiary/aromatic N) is 3. The van der Waals surface area contributed by atoms with E-state index >= 15 is 0 Å². The number of nitrogens with two attached hydrogens (primary N) is 1. The van der Waals surface area contributed by atoms with Crippen molar-refractivity contribution in [3.63, 3.8) is 0 Å². The van der Waals surface area contributed by atoms with Crippen molar-refractivity contribution >= 4 is 16.7 Å². The highest BCUT2D eigenvalue weighted by molar-refractivity contribution is 7.09. The van der Waals surface area contributed by atoms with Crippen LogP contribution in [-0.2, 0) is 6.18 Å². The lowest BCUT2D eigenvalue weighted by Gasteiger charge is -2.36. The molecule has 0 aromatic carbocycles. The minimum atomic E-state index is -4.47. The molecular formula is C9H13F3N4S. The van der Waals surface area contributed by atoms with E-state index in [1.54, 1.807) is 0 Å². The van der Waals surface area contributed by atoms with Gasteiger partial charge in [0.15, 0.2) is 0 Å². The SMILES string of the molecule is NCCN(c1nc(C(F)(F)F)ns1)C1CCC1. The van der Waals surface area contributed by atoms with E-state index in [1.165, 1.54) is 0 Å². The third kappa shape index (κ3) is 2.68. The Morgan fingerprint density at radius 1 is 1.41 bits per heavy atom. The molecule has 0 spiro atoms. The molecular weight excluding hydrogens is 253 g/mol. The van der Waals surface area contributed by atoms with Gasteiger partial charge in [0.25, 0.3) is 0 Å². The fourth-order valence-corrected chi connectivity index (χ4v) is 2.50. The minimum Gasteiger partial charge on any atom is -0.343 e. The van der Waals surface area contributed by atoms with E-state index in [0.717, 1.165) is 30.8 Å². The van der Waals surface area contributed by atoms with Crippen molar-refractivity contribution in [3.05, 3.63) is 5.82 Å². The van der Waals surface area contributed by atoms with Gasteiger partial charge in [-0.1, -0.05) is 0 Å². The summed E-state index contributed by atoms with van der Waals surface area (Å²) in [6.45, 7) is 0.925. The van der Waals surface area contributed by atoms with Gasteiger partial charge < -0.3 is 10.6 Å². The zero-order chi connectivity index (χ0) is 12.5. The molecule has 1 saturated carbocycles. The fourth-order valence-electron chi connectivity index (χ4n) is 1.72. The third-order valence-electron chi connectivity index (χ3n) is 2.80. The highest BCUT2D eigenvalue weighted by Gasteiger charge is 2.37. The second kappa shape index (κ2) is 4.77. The van der Waals surface area contributed by atoms with Crippen LogP contribution >= 0.6 is 11.5 Å². The third-order valence-corrected chi connectivity index (χ3v) is 3.55. The Kier molecular flexibility index (Phi) is 3.53. The standard InChI is InChI=1S/C9H13F3N4S/c10-9(11,12)7-14-8(17-15-7)16(5-4-13)6-2-1-3-6/h6H,1-5,13H2. The van der Waals surface area contributed by atoms with Crippen LogP contribution in [0.4, 0.5) is 18.3 Å². The molecule has 0 radical (unpaired) electrons. The normalized spacial score (nSPS) is 16.9. The lowest BCUT2D eigenvalue weighted by molar-refractivity contribution is -0.144. The lowest BCUT2D eigenvalue weighted by Crippen LogP contribution is -2.43. The van der Waals surface area contributed by atoms with Gasteiger partial charge in [-0.3, -0.25) is 0 Å². The van der Waals surface area contributed by atoms with Gasteiger partial charge in [0.2, 0.25) is 11.0 Å². The average Bonchev–Trinajstić information content (AvgIpc) is 2.61. The Hall–Kier alpha value is -0.890. The van der Waals surface area contributed by atoms with Crippen LogP contribution in [0, 0.1) is 0 Å². The molecule has 8 heteroatoms. The zero-order valence-corrected chi connectivity index (χ0v) is 9.89. The molecule has 96 valence electrons. The quantitative estimate of drug-likeness (QED) is 0.904. The van der Waals surface area contributed by atoms with Gasteiger partial charge in [-0.15, -0.1) is 0 Å². The van der Waals surface area contributed by atoms with Crippen LogP contribution < -0.4 is 10.6 Å². The van der Waals surface area contributed by atoms with Crippen LogP contribution in [0.2, 0.25) is 0 Å². The highest BCUT2D eigenvalue weighted by Crippen LogP contribution is 2.34. The summed E-state index contributed by atoms with van der Waals surface area (Å²) in [5.74, 6) is -1.06. The number of hydrogen-bond donors (Lipinski definition) is 1. The molecule has 0 unspecified atom stereocenters. The molecule has 0 bridgehead atoms. The van der Waals surface area contributed by atoms with Gasteiger partial charge in [-0.05, 0) is 19.3 Å². The molecule has 0 saturated heterocycles. The molecule has 1 fully saturated rings. The van der Waals surface area contributed by atoms with Crippen molar-refractivity contribution in [1.29, 1.82) is 0 Å². The van der Waals surface area contributed by atoms with Crippen LogP contribution in [0.25, 0.3) is 0 Å². The van der Waals surface area contributed by atoms with Gasteiger partial charge in [-0.2, -0.15) is 22.5 Å². The van der Waals surface area contributed by atoms with Gasteiger partial charge in [0.1, 0.15) is 0 Å². The molecule has 0 atom stereocenters. The molecule has 1 aromatic rings. The van der Waals surface area contributed by atoms with Gasteiger partial charge in [0, 0.05) is 30.7 Å². The molecule has 1 aromatic heterocycles. The minimum absolute atomic E-state index is 0.271. The Labute approximate surface area is 101 Å². The average molecular weight is 266 g/mol. The molecule has 4 nitrogen and oxygen atoms in total. The second-order valence-electron chi connectivity index (χ2n) is 3.97. The summed E-state index contributed by atoms with van der Waals surface area (Å²) in [5, 5.41) is 0.326. The number of anilines is 1. The second-order valence-corrected chi connectivity index (χ2v) is 4.70. The highest BCUT2D eigenvalue weighted by atomic mass is 32.1. The van der Waals surface area contributed by atoms with E-state index in [-0.39, 0.29) is 6.04 Å². The molecule has 17 heavy (non-hydrogen) atoms. The van der Waals surface area contributed by atoms with Crippen molar-refractivity contribution in [1.82, 2.24) is 9.36 Å². The summed E-state index contributed by atoms with van der Waals surface area (Å²) in [4.78, 5) is 5.40. The zero-order valence-electron chi connectivity index (χ0n) is 9.07. The molecule has 1 heterocycles. The first kappa shape index (κ1) is 12.6. The largest absolute Gasteiger partial charge is 0.452 e. The van der Waals surface area contributed by atoms with Crippen molar-refractivity contribution in [3.8, 4) is 0 Å². The summed E-state index contributed by atoms with van der Waals surface area (Å²) in [5.41, 5.74) is 5.47. The fraction of sp³-hybridized carbons (Fsp3) is 0.778. The van der Waals surface area contributed by atoms with Crippen molar-refractivity contribution in [2.45, 2.75) is 31.5 Å². The molecule has 0 amide bonds. The van der Waals surface area contributed by atoms with Crippen molar-refractivity contribution < 1.29 is 13.2 Å². The topological polar surface area (TPSA) is 55.0 Å². The summed E-state index contributed by atoms with van der Waals surface area (Å²) < 4.78 is 40.5. The molecule has 2 N–H and O–H groups in total. The Bertz CT molecular complexity index is 375. The monoisotopic (exact) mass is 266 g/mol. The number of aromatic nitrogens is 2. The number of hydrogen-bond acceptors (Lipinski definition) is 5. The van der Waals surface area contributed by atoms with Gasteiger partial charge in [-0.25, -0.2) is 0 Å². The van der Waals surface area contributed by atoms with Crippen LogP contribution in [0.5, 0.6) is 0 Å². The number of halogens is 3. The first-order chi connectivity index (χ1) is 8.02. The summed E-state index contributed by atoms with van der Waals surface area (Å²) in [7, 11) is 0. The van der Waals surface area contributed by atoms with Crippen LogP contribution in [-0.4, -0.2) is 28.5 Å². The van der Waals surface area contributed by atoms with Crippen LogP contribution in [0.15, 0.2) is 0 Å². The van der Waals surface area contributed by atoms with Gasteiger partial charge >= 0.3 is 6.18 Å². The van der Waals surface area contributed by atoms with E-state index in [2.05, 4.69) is 9.36 Å². The lowest BCUT2D eigenvalue weighted by atomic mass is 9.92. The predicted molar refractivity (Wildman–Crippen MR) is 59.0 cm³/mol. The Balaban J connectivity index is 2.15. The maximum Gasteiger partial charge on any atom is 0.452 e. The van der Waals surface area contributed by atoms with E-state index in [1.807, 2.05) is 4.90 Å². The summed E-state index contributed by atoms with van der Waals surface area (Å²) in [6.07, 6.45) is -1.39. The molecule has 1 aliphatic rings. The van der Waals surface area contributed by atoms with Gasteiger partial charge in [0.05, 0.1) is 0 Å². The molecule has 2 rings (SSSR count). The molecule has 0 aliphatic heterocycles. The van der Waals surface area contributed by atoms with E-state index < -0.39 is 12.0 Å². The van der Waals surface area contributed by atoms with E-state index in [4.69, 9.17) is 5.73 Å². The predicted octanol–water partition coefficient (Wildman–Crippen LogP) is 1.87. The van der Waals surface area contributed by atoms with E-state index in [9.17, 15) is 13.2 Å². The van der Waals surface area contributed by atoms with E-state index in [0.29, 0.717) is 18.2 Å². The van der Waals surface area contributed by atoms with Crippen molar-refractivity contribution in [2.75, 3.05) is 18.0 Å². The van der Waals surface area contributed by atoms with Crippen LogP contribution in [0.3, 0.4) is 0 Å². The number of rotatable bonds is 4. The maximum atomic E-state index is 12.4. The summed E-state index contributed by atoms with van der Waals surface area (Å²) >= 11 is 0.791.